The first kappa shape index (κ1) is 16.9. The molecule has 2 rings (SSSR count). The van der Waals surface area contributed by atoms with Crippen LogP contribution < -0.4 is 5.32 Å². The molecule has 7 heteroatoms. The normalized spacial score (nSPS) is 18.2. The maximum absolute atomic E-state index is 11.5. The molecule has 0 radical (unpaired) electrons. The SMILES string of the molecule is CCNCc1cc(CN2CCN(S(C)(=O)=O)CC2)c(C)s1. The minimum absolute atomic E-state index is 0.603. The van der Waals surface area contributed by atoms with Crippen LogP contribution in [0.3, 0.4) is 0 Å². The first-order chi connectivity index (χ1) is 9.90. The average Bonchev–Trinajstić information content (AvgIpc) is 2.76. The van der Waals surface area contributed by atoms with Gasteiger partial charge in [0.2, 0.25) is 10.0 Å². The van der Waals surface area contributed by atoms with Gasteiger partial charge in [0, 0.05) is 49.0 Å². The molecule has 21 heavy (non-hydrogen) atoms. The summed E-state index contributed by atoms with van der Waals surface area (Å²) < 4.78 is 24.6. The fraction of sp³-hybridized carbons (Fsp3) is 0.714. The van der Waals surface area contributed by atoms with E-state index in [-0.39, 0.29) is 0 Å². The van der Waals surface area contributed by atoms with E-state index in [1.165, 1.54) is 21.6 Å². The Morgan fingerprint density at radius 2 is 1.95 bits per heavy atom. The molecule has 1 aliphatic heterocycles. The number of aryl methyl sites for hydroxylation is 1. The van der Waals surface area contributed by atoms with Crippen molar-refractivity contribution < 1.29 is 8.42 Å². The van der Waals surface area contributed by atoms with E-state index in [1.54, 1.807) is 4.31 Å². The highest BCUT2D eigenvalue weighted by Gasteiger charge is 2.23. The standard InChI is InChI=1S/C14H25N3O2S2/c1-4-15-10-14-9-13(12(2)20-14)11-16-5-7-17(8-6-16)21(3,18)19/h9,15H,4-8,10-11H2,1-3H3. The molecule has 0 saturated carbocycles. The number of nitrogens with one attached hydrogen (secondary N) is 1. The van der Waals surface area contributed by atoms with E-state index >= 15 is 0 Å². The highest BCUT2D eigenvalue weighted by atomic mass is 32.2. The van der Waals surface area contributed by atoms with Crippen molar-refractivity contribution in [2.75, 3.05) is 39.0 Å². The lowest BCUT2D eigenvalue weighted by molar-refractivity contribution is 0.182. The van der Waals surface area contributed by atoms with Crippen LogP contribution in [-0.4, -0.2) is 56.6 Å². The Bertz CT molecular complexity index is 561. The summed E-state index contributed by atoms with van der Waals surface area (Å²) in [5.74, 6) is 0. The fourth-order valence-electron chi connectivity index (χ4n) is 2.54. The molecule has 0 spiro atoms. The quantitative estimate of drug-likeness (QED) is 0.852. The minimum atomic E-state index is -3.04. The Labute approximate surface area is 132 Å². The van der Waals surface area contributed by atoms with Crippen LogP contribution in [0.25, 0.3) is 0 Å². The van der Waals surface area contributed by atoms with Crippen molar-refractivity contribution in [3.8, 4) is 0 Å². The van der Waals surface area contributed by atoms with Crippen molar-refractivity contribution in [3.63, 3.8) is 0 Å². The summed E-state index contributed by atoms with van der Waals surface area (Å²) >= 11 is 1.85. The van der Waals surface area contributed by atoms with Gasteiger partial charge in [-0.1, -0.05) is 6.92 Å². The summed E-state index contributed by atoms with van der Waals surface area (Å²) in [6.45, 7) is 9.95. The number of piperazine rings is 1. The minimum Gasteiger partial charge on any atom is -0.312 e. The first-order valence-corrected chi connectivity index (χ1v) is 10.0. The van der Waals surface area contributed by atoms with Gasteiger partial charge in [0.05, 0.1) is 6.26 Å². The Balaban J connectivity index is 1.90. The van der Waals surface area contributed by atoms with Crippen LogP contribution in [0.2, 0.25) is 0 Å². The lowest BCUT2D eigenvalue weighted by Gasteiger charge is -2.33. The number of hydrogen-bond donors (Lipinski definition) is 1. The van der Waals surface area contributed by atoms with Gasteiger partial charge in [0.25, 0.3) is 0 Å². The number of hydrogen-bond acceptors (Lipinski definition) is 5. The van der Waals surface area contributed by atoms with Crippen LogP contribution in [-0.2, 0) is 23.1 Å². The van der Waals surface area contributed by atoms with Crippen molar-refractivity contribution in [1.29, 1.82) is 0 Å². The van der Waals surface area contributed by atoms with Crippen molar-refractivity contribution in [2.24, 2.45) is 0 Å². The van der Waals surface area contributed by atoms with Gasteiger partial charge < -0.3 is 5.32 Å². The van der Waals surface area contributed by atoms with Gasteiger partial charge in [0.15, 0.2) is 0 Å². The zero-order valence-corrected chi connectivity index (χ0v) is 14.7. The van der Waals surface area contributed by atoms with E-state index in [1.807, 2.05) is 11.3 Å². The zero-order valence-electron chi connectivity index (χ0n) is 13.1. The smallest absolute Gasteiger partial charge is 0.211 e. The van der Waals surface area contributed by atoms with Crippen LogP contribution in [0, 0.1) is 6.92 Å². The molecule has 1 aliphatic rings. The Hall–Kier alpha value is -0.470. The molecule has 5 nitrogen and oxygen atoms in total. The van der Waals surface area contributed by atoms with E-state index in [2.05, 4.69) is 30.1 Å². The van der Waals surface area contributed by atoms with Gasteiger partial charge in [-0.25, -0.2) is 8.42 Å². The van der Waals surface area contributed by atoms with Crippen LogP contribution in [0.1, 0.15) is 22.2 Å². The maximum Gasteiger partial charge on any atom is 0.211 e. The third-order valence-electron chi connectivity index (χ3n) is 3.82. The van der Waals surface area contributed by atoms with Crippen LogP contribution in [0.5, 0.6) is 0 Å². The van der Waals surface area contributed by atoms with Gasteiger partial charge in [-0.05, 0) is 25.1 Å². The molecule has 1 N–H and O–H groups in total. The van der Waals surface area contributed by atoms with Crippen LogP contribution in [0.4, 0.5) is 0 Å². The van der Waals surface area contributed by atoms with E-state index < -0.39 is 10.0 Å². The molecule has 0 unspecified atom stereocenters. The molecule has 0 aliphatic carbocycles. The third-order valence-corrected chi connectivity index (χ3v) is 6.21. The number of nitrogens with zero attached hydrogens (tertiary/aromatic N) is 2. The molecule has 2 heterocycles. The van der Waals surface area contributed by atoms with Gasteiger partial charge in [-0.3, -0.25) is 4.90 Å². The molecule has 120 valence electrons. The molecule has 1 fully saturated rings. The second-order valence-corrected chi connectivity index (χ2v) is 8.84. The predicted octanol–water partition coefficient (Wildman–Crippen LogP) is 1.24. The lowest BCUT2D eigenvalue weighted by Crippen LogP contribution is -2.47. The van der Waals surface area contributed by atoms with Crippen molar-refractivity contribution >= 4 is 21.4 Å². The molecule has 0 atom stereocenters. The van der Waals surface area contributed by atoms with Gasteiger partial charge >= 0.3 is 0 Å². The number of thiophene rings is 1. The second-order valence-electron chi connectivity index (χ2n) is 5.51. The monoisotopic (exact) mass is 331 g/mol. The fourth-order valence-corrected chi connectivity index (χ4v) is 4.39. The van der Waals surface area contributed by atoms with E-state index in [4.69, 9.17) is 0 Å². The van der Waals surface area contributed by atoms with Crippen LogP contribution >= 0.6 is 11.3 Å². The largest absolute Gasteiger partial charge is 0.312 e. The molecule has 0 bridgehead atoms. The molecule has 0 amide bonds. The van der Waals surface area contributed by atoms with Gasteiger partial charge in [-0.15, -0.1) is 11.3 Å². The zero-order chi connectivity index (χ0) is 15.5. The predicted molar refractivity (Wildman–Crippen MR) is 88.1 cm³/mol. The second kappa shape index (κ2) is 7.19. The summed E-state index contributed by atoms with van der Waals surface area (Å²) in [4.78, 5) is 5.08. The molecule has 0 aromatic carbocycles. The lowest BCUT2D eigenvalue weighted by atomic mass is 10.2. The number of rotatable bonds is 6. The van der Waals surface area contributed by atoms with E-state index in [0.29, 0.717) is 13.1 Å². The van der Waals surface area contributed by atoms with Gasteiger partial charge in [0.1, 0.15) is 0 Å². The highest BCUT2D eigenvalue weighted by molar-refractivity contribution is 7.88. The van der Waals surface area contributed by atoms with E-state index in [9.17, 15) is 8.42 Å². The molecule has 1 aromatic heterocycles. The Kier molecular flexibility index (Phi) is 5.79. The molecular weight excluding hydrogens is 306 g/mol. The Morgan fingerprint density at radius 1 is 1.29 bits per heavy atom. The van der Waals surface area contributed by atoms with Crippen molar-refractivity contribution in [3.05, 3.63) is 21.4 Å². The average molecular weight is 332 g/mol. The van der Waals surface area contributed by atoms with Crippen LogP contribution in [0.15, 0.2) is 6.07 Å². The maximum atomic E-state index is 11.5. The molecule has 1 aromatic rings. The summed E-state index contributed by atoms with van der Waals surface area (Å²) in [5.41, 5.74) is 1.38. The van der Waals surface area contributed by atoms with Gasteiger partial charge in [-0.2, -0.15) is 4.31 Å². The summed E-state index contributed by atoms with van der Waals surface area (Å²) in [6.07, 6.45) is 1.29. The first-order valence-electron chi connectivity index (χ1n) is 7.36. The summed E-state index contributed by atoms with van der Waals surface area (Å²) in [6, 6.07) is 2.28. The summed E-state index contributed by atoms with van der Waals surface area (Å²) in [5, 5.41) is 3.35. The molecular formula is C14H25N3O2S2. The molecule has 1 saturated heterocycles. The third kappa shape index (κ3) is 4.75. The van der Waals surface area contributed by atoms with E-state index in [0.717, 1.165) is 32.7 Å². The Morgan fingerprint density at radius 3 is 2.52 bits per heavy atom. The van der Waals surface area contributed by atoms with Crippen molar-refractivity contribution in [1.82, 2.24) is 14.5 Å². The van der Waals surface area contributed by atoms with Crippen molar-refractivity contribution in [2.45, 2.75) is 26.9 Å². The highest BCUT2D eigenvalue weighted by Crippen LogP contribution is 2.23. The topological polar surface area (TPSA) is 52.6 Å². The summed E-state index contributed by atoms with van der Waals surface area (Å²) in [7, 11) is -3.04. The number of sulfonamides is 1.